The van der Waals surface area contributed by atoms with Gasteiger partial charge in [0.05, 0.1) is 37.0 Å². The number of nitrogens with one attached hydrogen (secondary N) is 1. The first kappa shape index (κ1) is 35.4. The second kappa shape index (κ2) is 11.9. The number of allylic oxidation sites excluding steroid dienone is 1. The van der Waals surface area contributed by atoms with Gasteiger partial charge in [0.15, 0.2) is 11.9 Å². The first-order valence-electron chi connectivity index (χ1n) is 21.6. The number of fused-ring (bicyclic) bond motifs is 4. The SMILES string of the molecule is CC1(C)O[C@H]2CC(=O)OC[C@@]23[C@@H]1C(=O)[C@@H](O)[C@]1(C2CCCCC2)[C@@H]3CC[C@@]2(C)[C@H](c3ccoc3CC[C@H]3CC[C@H]4[C@H](C=CN5CNC[C@H]45)C3)OC(=O)[C@H]3O[C@@]312. The van der Waals surface area contributed by atoms with Crippen LogP contribution in [0.2, 0.25) is 0 Å². The van der Waals surface area contributed by atoms with Crippen LogP contribution in [0.5, 0.6) is 0 Å². The number of hydrogen-bond donors (Lipinski definition) is 2. The van der Waals surface area contributed by atoms with Gasteiger partial charge in [-0.25, -0.2) is 4.79 Å². The number of ether oxygens (including phenoxy) is 4. The van der Waals surface area contributed by atoms with Crippen LogP contribution in [-0.2, 0) is 39.8 Å². The van der Waals surface area contributed by atoms with Gasteiger partial charge in [0, 0.05) is 40.8 Å². The van der Waals surface area contributed by atoms with Crippen molar-refractivity contribution in [2.24, 2.45) is 51.8 Å². The molecule has 4 aliphatic carbocycles. The van der Waals surface area contributed by atoms with E-state index in [2.05, 4.69) is 29.4 Å². The van der Waals surface area contributed by atoms with Gasteiger partial charge in [-0.1, -0.05) is 38.7 Å². The number of carbonyl (C=O) groups excluding carboxylic acids is 3. The van der Waals surface area contributed by atoms with Crippen molar-refractivity contribution >= 4 is 17.7 Å². The first-order chi connectivity index (χ1) is 26.5. The number of rotatable bonds is 5. The lowest BCUT2D eigenvalue weighted by molar-refractivity contribution is -0.275. The molecule has 11 nitrogen and oxygen atoms in total. The molecular weight excluding hydrogens is 700 g/mol. The van der Waals surface area contributed by atoms with E-state index in [-0.39, 0.29) is 36.6 Å². The summed E-state index contributed by atoms with van der Waals surface area (Å²) in [4.78, 5) is 44.9. The zero-order valence-corrected chi connectivity index (χ0v) is 32.6. The molecule has 0 aromatic carbocycles. The molecule has 1 aromatic rings. The van der Waals surface area contributed by atoms with Crippen molar-refractivity contribution in [2.45, 2.75) is 146 Å². The number of aliphatic hydroxyl groups excluding tert-OH is 1. The largest absolute Gasteiger partial charge is 0.469 e. The van der Waals surface area contributed by atoms with E-state index in [0.29, 0.717) is 36.6 Å². The Morgan fingerprint density at radius 1 is 1.00 bits per heavy atom. The average molecular weight is 759 g/mol. The minimum Gasteiger partial charge on any atom is -0.469 e. The van der Waals surface area contributed by atoms with E-state index in [4.69, 9.17) is 23.4 Å². The molecule has 0 bridgehead atoms. The molecule has 10 aliphatic rings. The molecule has 14 atom stereocenters. The van der Waals surface area contributed by atoms with Gasteiger partial charge in [0.1, 0.15) is 30.2 Å². The Morgan fingerprint density at radius 3 is 2.67 bits per heavy atom. The summed E-state index contributed by atoms with van der Waals surface area (Å²) < 4.78 is 32.4. The normalized spacial score (nSPS) is 49.4. The fraction of sp³-hybridized carbons (Fsp3) is 0.795. The second-order valence-corrected chi connectivity index (χ2v) is 20.1. The lowest BCUT2D eigenvalue weighted by Crippen LogP contribution is -2.79. The number of carbonyl (C=O) groups is 3. The highest BCUT2D eigenvalue weighted by Gasteiger charge is 2.92. The number of aliphatic hydroxyl groups is 1. The zero-order valence-electron chi connectivity index (χ0n) is 32.6. The summed E-state index contributed by atoms with van der Waals surface area (Å²) in [5.41, 5.74) is -3.79. The highest BCUT2D eigenvalue weighted by molar-refractivity contribution is 5.92. The monoisotopic (exact) mass is 758 g/mol. The quantitative estimate of drug-likeness (QED) is 0.295. The summed E-state index contributed by atoms with van der Waals surface area (Å²) in [6.45, 7) is 8.14. The molecular formula is C44H58N2O9. The Balaban J connectivity index is 0.959. The van der Waals surface area contributed by atoms with Crippen molar-refractivity contribution in [3.8, 4) is 0 Å². The van der Waals surface area contributed by atoms with E-state index >= 15 is 4.79 Å². The van der Waals surface area contributed by atoms with Crippen LogP contribution in [0.1, 0.15) is 115 Å². The van der Waals surface area contributed by atoms with Gasteiger partial charge in [-0.15, -0.1) is 0 Å². The van der Waals surface area contributed by atoms with Gasteiger partial charge in [0.25, 0.3) is 0 Å². The first-order valence-corrected chi connectivity index (χ1v) is 21.6. The molecule has 11 rings (SSSR count). The maximum Gasteiger partial charge on any atom is 0.339 e. The number of Topliss-reactive ketones (excluding diaryl/α,β-unsaturated/α-hetero) is 1. The minimum absolute atomic E-state index is 0.0569. The maximum atomic E-state index is 15.2. The molecule has 6 aliphatic heterocycles. The Bertz CT molecular complexity index is 1820. The third kappa shape index (κ3) is 4.40. The van der Waals surface area contributed by atoms with Gasteiger partial charge in [-0.05, 0) is 101 Å². The van der Waals surface area contributed by atoms with Crippen LogP contribution in [-0.4, -0.2) is 83.1 Å². The van der Waals surface area contributed by atoms with E-state index in [1.807, 2.05) is 19.9 Å². The summed E-state index contributed by atoms with van der Waals surface area (Å²) >= 11 is 0. The molecule has 5 saturated heterocycles. The number of furan rings is 1. The molecule has 7 heterocycles. The van der Waals surface area contributed by atoms with E-state index in [9.17, 15) is 14.7 Å². The molecule has 1 aromatic heterocycles. The van der Waals surface area contributed by atoms with Crippen LogP contribution in [0, 0.1) is 51.8 Å². The summed E-state index contributed by atoms with van der Waals surface area (Å²) in [6.07, 6.45) is 14.6. The van der Waals surface area contributed by atoms with E-state index in [0.717, 1.165) is 69.5 Å². The Hall–Kier alpha value is -2.73. The van der Waals surface area contributed by atoms with Crippen LogP contribution in [0.25, 0.3) is 0 Å². The minimum atomic E-state index is -1.36. The molecule has 2 spiro atoms. The summed E-state index contributed by atoms with van der Waals surface area (Å²) in [7, 11) is 0. The molecule has 298 valence electrons. The predicted octanol–water partition coefficient (Wildman–Crippen LogP) is 5.39. The number of cyclic esters (lactones) is 2. The van der Waals surface area contributed by atoms with Gasteiger partial charge in [0.2, 0.25) is 0 Å². The lowest BCUT2D eigenvalue weighted by Gasteiger charge is -2.70. The average Bonchev–Trinajstić information content (AvgIpc) is 3.42. The zero-order chi connectivity index (χ0) is 37.7. The molecule has 0 unspecified atom stereocenters. The van der Waals surface area contributed by atoms with Crippen molar-refractivity contribution in [2.75, 3.05) is 19.8 Å². The van der Waals surface area contributed by atoms with Crippen molar-refractivity contribution < 1.29 is 42.9 Å². The van der Waals surface area contributed by atoms with Crippen LogP contribution in [0.4, 0.5) is 0 Å². The third-order valence-electron chi connectivity index (χ3n) is 17.7. The Labute approximate surface area is 323 Å². The number of esters is 2. The summed E-state index contributed by atoms with van der Waals surface area (Å²) in [5, 5.41) is 16.5. The van der Waals surface area contributed by atoms with E-state index in [1.54, 1.807) is 6.26 Å². The number of epoxide rings is 1. The Kier molecular flexibility index (Phi) is 7.68. The van der Waals surface area contributed by atoms with Crippen LogP contribution in [0.3, 0.4) is 0 Å². The molecule has 55 heavy (non-hydrogen) atoms. The van der Waals surface area contributed by atoms with Gasteiger partial charge >= 0.3 is 11.9 Å². The van der Waals surface area contributed by atoms with Crippen molar-refractivity contribution in [3.63, 3.8) is 0 Å². The molecule has 4 saturated carbocycles. The smallest absolute Gasteiger partial charge is 0.339 e. The van der Waals surface area contributed by atoms with Crippen LogP contribution < -0.4 is 5.32 Å². The fourth-order valence-corrected chi connectivity index (χ4v) is 15.8. The van der Waals surface area contributed by atoms with Gasteiger partial charge in [-0.3, -0.25) is 14.9 Å². The Morgan fingerprint density at radius 2 is 1.84 bits per heavy atom. The lowest BCUT2D eigenvalue weighted by atomic mass is 9.33. The van der Waals surface area contributed by atoms with Crippen molar-refractivity contribution in [1.82, 2.24) is 10.2 Å². The molecule has 11 heteroatoms. The number of hydrogen-bond acceptors (Lipinski definition) is 11. The van der Waals surface area contributed by atoms with E-state index in [1.165, 1.54) is 19.3 Å². The molecule has 9 fully saturated rings. The highest BCUT2D eigenvalue weighted by Crippen LogP contribution is 2.82. The predicted molar refractivity (Wildman–Crippen MR) is 197 cm³/mol. The molecule has 2 N–H and O–H groups in total. The van der Waals surface area contributed by atoms with Crippen LogP contribution >= 0.6 is 0 Å². The van der Waals surface area contributed by atoms with E-state index < -0.39 is 63.8 Å². The number of nitrogens with zero attached hydrogens (tertiary/aromatic N) is 1. The third-order valence-corrected chi connectivity index (χ3v) is 17.7. The van der Waals surface area contributed by atoms with Gasteiger partial charge < -0.3 is 33.4 Å². The highest BCUT2D eigenvalue weighted by atomic mass is 16.7. The molecule has 0 amide bonds. The summed E-state index contributed by atoms with van der Waals surface area (Å²) in [5.74, 6) is 0.819. The molecule has 0 radical (unpaired) electrons. The standard InChI is InChI=1S/C44H58N2O9/c1-40(2)35-34(48)36(49)43(26-7-5-4-6-8-26)31(42(35)22-52-33(47)20-32(42)54-40)13-16-41(3)37(53-39(50)38-44(41,43)55-38)28-15-18-51-30(28)12-10-24-9-11-27-25(19-24)14-17-46-23-45-21-29(27)46/h14-15,17-18,24-27,29,31-32,35-38,45,49H,4-13,16,19-23H2,1-3H3/t24-,25-,27+,29-,31-,32+,35-,36-,37+,38-,41+,42+,43+,44-/m1/s1. The van der Waals surface area contributed by atoms with Crippen molar-refractivity contribution in [1.29, 1.82) is 0 Å². The number of ketones is 1. The van der Waals surface area contributed by atoms with Crippen LogP contribution in [0.15, 0.2) is 29.0 Å². The topological polar surface area (TPSA) is 140 Å². The maximum absolute atomic E-state index is 15.2. The van der Waals surface area contributed by atoms with Gasteiger partial charge in [-0.2, -0.15) is 0 Å². The van der Waals surface area contributed by atoms with Crippen molar-refractivity contribution in [3.05, 3.63) is 35.9 Å². The summed E-state index contributed by atoms with van der Waals surface area (Å²) in [6, 6.07) is 2.59. The number of aryl methyl sites for hydroxylation is 1. The fourth-order valence-electron chi connectivity index (χ4n) is 15.8. The second-order valence-electron chi connectivity index (χ2n) is 20.1.